The Labute approximate surface area is 142 Å². The van der Waals surface area contributed by atoms with Gasteiger partial charge in [0.15, 0.2) is 0 Å². The van der Waals surface area contributed by atoms with Crippen LogP contribution in [0.2, 0.25) is 0 Å². The van der Waals surface area contributed by atoms with E-state index in [0.717, 1.165) is 37.4 Å². The summed E-state index contributed by atoms with van der Waals surface area (Å²) in [6.45, 7) is 3.86. The van der Waals surface area contributed by atoms with E-state index in [1.54, 1.807) is 4.68 Å². The van der Waals surface area contributed by atoms with E-state index in [0.29, 0.717) is 0 Å². The summed E-state index contributed by atoms with van der Waals surface area (Å²) < 4.78 is 3.68. The molecule has 0 radical (unpaired) electrons. The van der Waals surface area contributed by atoms with Crippen molar-refractivity contribution in [2.45, 2.75) is 37.8 Å². The first-order valence-electron chi connectivity index (χ1n) is 8.98. The van der Waals surface area contributed by atoms with Crippen molar-refractivity contribution in [2.24, 2.45) is 7.05 Å². The SMILES string of the molecule is Cn1c(=O)c(CN2CCNCC23CCCC3)cn1-c1ccccc1. The minimum absolute atomic E-state index is 0.116. The van der Waals surface area contributed by atoms with Gasteiger partial charge in [-0.1, -0.05) is 31.0 Å². The first-order valence-corrected chi connectivity index (χ1v) is 8.98. The Balaban J connectivity index is 1.64. The number of hydrogen-bond acceptors (Lipinski definition) is 3. The van der Waals surface area contributed by atoms with E-state index in [9.17, 15) is 4.79 Å². The van der Waals surface area contributed by atoms with Gasteiger partial charge in [0.25, 0.3) is 5.56 Å². The molecule has 0 atom stereocenters. The van der Waals surface area contributed by atoms with Crippen LogP contribution in [0.4, 0.5) is 0 Å². The second kappa shape index (κ2) is 6.22. The van der Waals surface area contributed by atoms with Gasteiger partial charge in [-0.15, -0.1) is 0 Å². The molecule has 0 unspecified atom stereocenters. The molecule has 5 nitrogen and oxygen atoms in total. The topological polar surface area (TPSA) is 42.2 Å². The molecule has 1 aliphatic carbocycles. The molecule has 1 N–H and O–H groups in total. The van der Waals surface area contributed by atoms with E-state index in [-0.39, 0.29) is 11.1 Å². The van der Waals surface area contributed by atoms with Crippen LogP contribution in [0.3, 0.4) is 0 Å². The number of nitrogens with zero attached hydrogens (tertiary/aromatic N) is 3. The largest absolute Gasteiger partial charge is 0.314 e. The van der Waals surface area contributed by atoms with Crippen molar-refractivity contribution in [3.05, 3.63) is 52.4 Å². The first kappa shape index (κ1) is 15.7. The van der Waals surface area contributed by atoms with Gasteiger partial charge in [0, 0.05) is 45.0 Å². The van der Waals surface area contributed by atoms with Crippen molar-refractivity contribution in [3.63, 3.8) is 0 Å². The molecule has 1 aliphatic heterocycles. The van der Waals surface area contributed by atoms with Gasteiger partial charge in [0.1, 0.15) is 0 Å². The van der Waals surface area contributed by atoms with Gasteiger partial charge in [0.2, 0.25) is 0 Å². The van der Waals surface area contributed by atoms with Crippen LogP contribution in [0.1, 0.15) is 31.2 Å². The summed E-state index contributed by atoms with van der Waals surface area (Å²) in [5.41, 5.74) is 2.30. The quantitative estimate of drug-likeness (QED) is 0.937. The lowest BCUT2D eigenvalue weighted by Gasteiger charge is -2.45. The van der Waals surface area contributed by atoms with E-state index in [2.05, 4.69) is 10.2 Å². The molecule has 0 bridgehead atoms. The predicted octanol–water partition coefficient (Wildman–Crippen LogP) is 1.89. The zero-order valence-corrected chi connectivity index (χ0v) is 14.4. The average Bonchev–Trinajstić information content (AvgIpc) is 3.19. The molecule has 1 aromatic carbocycles. The van der Waals surface area contributed by atoms with Gasteiger partial charge < -0.3 is 5.32 Å². The molecule has 0 amide bonds. The highest BCUT2D eigenvalue weighted by Crippen LogP contribution is 2.36. The number of hydrogen-bond donors (Lipinski definition) is 1. The fourth-order valence-electron chi connectivity index (χ4n) is 4.39. The standard InChI is InChI=1S/C19H26N4O/c1-21-18(24)16(14-23(21)17-7-3-2-4-8-17)13-22-12-11-20-15-19(22)9-5-6-10-19/h2-4,7-8,14,20H,5-6,9-13,15H2,1H3. The zero-order chi connectivity index (χ0) is 16.6. The zero-order valence-electron chi connectivity index (χ0n) is 14.4. The molecule has 2 aliphatic rings. The second-order valence-corrected chi connectivity index (χ2v) is 7.19. The van der Waals surface area contributed by atoms with E-state index in [1.807, 2.05) is 48.3 Å². The summed E-state index contributed by atoms with van der Waals surface area (Å²) in [4.78, 5) is 15.3. The summed E-state index contributed by atoms with van der Waals surface area (Å²) in [6.07, 6.45) is 7.13. The minimum Gasteiger partial charge on any atom is -0.314 e. The Morgan fingerprint density at radius 3 is 2.67 bits per heavy atom. The number of para-hydroxylation sites is 1. The summed E-state index contributed by atoms with van der Waals surface area (Å²) in [7, 11) is 1.85. The van der Waals surface area contributed by atoms with E-state index >= 15 is 0 Å². The Morgan fingerprint density at radius 1 is 1.17 bits per heavy atom. The monoisotopic (exact) mass is 326 g/mol. The Hall–Kier alpha value is -1.85. The highest BCUT2D eigenvalue weighted by atomic mass is 16.1. The summed E-state index contributed by atoms with van der Waals surface area (Å²) in [5, 5.41) is 3.56. The molecule has 4 rings (SSSR count). The fourth-order valence-corrected chi connectivity index (χ4v) is 4.39. The van der Waals surface area contributed by atoms with Gasteiger partial charge in [-0.25, -0.2) is 4.68 Å². The van der Waals surface area contributed by atoms with Crippen LogP contribution >= 0.6 is 0 Å². The van der Waals surface area contributed by atoms with Crippen LogP contribution in [0.5, 0.6) is 0 Å². The molecule has 1 saturated carbocycles. The average molecular weight is 326 g/mol. The van der Waals surface area contributed by atoms with Crippen LogP contribution in [0, 0.1) is 0 Å². The van der Waals surface area contributed by atoms with Gasteiger partial charge in [-0.05, 0) is 25.0 Å². The van der Waals surface area contributed by atoms with Crippen LogP contribution in [0.15, 0.2) is 41.3 Å². The maximum atomic E-state index is 12.7. The smallest absolute Gasteiger partial charge is 0.271 e. The van der Waals surface area contributed by atoms with Crippen molar-refractivity contribution in [1.29, 1.82) is 0 Å². The molecule has 128 valence electrons. The molecule has 2 heterocycles. The maximum Gasteiger partial charge on any atom is 0.271 e. The number of benzene rings is 1. The van der Waals surface area contributed by atoms with Crippen LogP contribution in [0.25, 0.3) is 5.69 Å². The normalized spacial score (nSPS) is 20.7. The van der Waals surface area contributed by atoms with Crippen molar-refractivity contribution < 1.29 is 0 Å². The third-order valence-corrected chi connectivity index (χ3v) is 5.77. The van der Waals surface area contributed by atoms with Gasteiger partial charge >= 0.3 is 0 Å². The van der Waals surface area contributed by atoms with Crippen molar-refractivity contribution in [1.82, 2.24) is 19.6 Å². The van der Waals surface area contributed by atoms with Gasteiger partial charge in [-0.3, -0.25) is 14.4 Å². The van der Waals surface area contributed by atoms with Crippen LogP contribution < -0.4 is 10.9 Å². The number of aromatic nitrogens is 2. The second-order valence-electron chi connectivity index (χ2n) is 7.19. The summed E-state index contributed by atoms with van der Waals surface area (Å²) >= 11 is 0. The Kier molecular flexibility index (Phi) is 4.06. The predicted molar refractivity (Wildman–Crippen MR) is 95.5 cm³/mol. The van der Waals surface area contributed by atoms with Crippen LogP contribution in [-0.2, 0) is 13.6 Å². The molecule has 2 fully saturated rings. The lowest BCUT2D eigenvalue weighted by Crippen LogP contribution is -2.59. The summed E-state index contributed by atoms with van der Waals surface area (Å²) in [5.74, 6) is 0. The lowest BCUT2D eigenvalue weighted by atomic mass is 9.92. The lowest BCUT2D eigenvalue weighted by molar-refractivity contribution is 0.0569. The van der Waals surface area contributed by atoms with Crippen LogP contribution in [-0.4, -0.2) is 39.4 Å². The van der Waals surface area contributed by atoms with Crippen molar-refractivity contribution in [3.8, 4) is 5.69 Å². The highest BCUT2D eigenvalue weighted by molar-refractivity contribution is 5.31. The fraction of sp³-hybridized carbons (Fsp3) is 0.526. The Morgan fingerprint density at radius 2 is 1.92 bits per heavy atom. The summed E-state index contributed by atoms with van der Waals surface area (Å²) in [6, 6.07) is 10.1. The van der Waals surface area contributed by atoms with E-state index in [4.69, 9.17) is 0 Å². The van der Waals surface area contributed by atoms with Crippen molar-refractivity contribution >= 4 is 0 Å². The van der Waals surface area contributed by atoms with Crippen molar-refractivity contribution in [2.75, 3.05) is 19.6 Å². The number of nitrogens with one attached hydrogen (secondary N) is 1. The maximum absolute atomic E-state index is 12.7. The van der Waals surface area contributed by atoms with E-state index in [1.165, 1.54) is 25.7 Å². The third-order valence-electron chi connectivity index (χ3n) is 5.77. The molecule has 1 aromatic heterocycles. The Bertz CT molecular complexity index is 755. The molecule has 2 aromatic rings. The van der Waals surface area contributed by atoms with E-state index < -0.39 is 0 Å². The molecule has 24 heavy (non-hydrogen) atoms. The minimum atomic E-state index is 0.116. The first-order chi connectivity index (χ1) is 11.7. The number of piperazine rings is 1. The van der Waals surface area contributed by atoms with Gasteiger partial charge in [0.05, 0.1) is 11.3 Å². The van der Waals surface area contributed by atoms with Gasteiger partial charge in [-0.2, -0.15) is 0 Å². The highest BCUT2D eigenvalue weighted by Gasteiger charge is 2.41. The third kappa shape index (κ3) is 2.62. The molecule has 1 spiro atoms. The number of rotatable bonds is 3. The molecule has 5 heteroatoms. The molecular formula is C19H26N4O. The molecule has 1 saturated heterocycles. The molecular weight excluding hydrogens is 300 g/mol.